The first-order valence-corrected chi connectivity index (χ1v) is 6.87. The van der Waals surface area contributed by atoms with Crippen molar-refractivity contribution in [2.45, 2.75) is 26.7 Å². The number of hydrogen-bond donors (Lipinski definition) is 1. The lowest BCUT2D eigenvalue weighted by Crippen LogP contribution is -2.13. The van der Waals surface area contributed by atoms with Crippen molar-refractivity contribution in [3.63, 3.8) is 0 Å². The molecule has 110 valence electrons. The number of esters is 1. The molecule has 4 nitrogen and oxygen atoms in total. The summed E-state index contributed by atoms with van der Waals surface area (Å²) < 4.78 is 5.02. The maximum atomic E-state index is 11.8. The summed E-state index contributed by atoms with van der Waals surface area (Å²) in [6, 6.07) is 7.05. The molecule has 1 atom stereocenters. The zero-order valence-corrected chi connectivity index (χ0v) is 12.3. The number of fused-ring (bicyclic) bond motifs is 1. The summed E-state index contributed by atoms with van der Waals surface area (Å²) in [7, 11) is 0. The molecule has 0 saturated heterocycles. The highest BCUT2D eigenvalue weighted by molar-refractivity contribution is 6.02. The summed E-state index contributed by atoms with van der Waals surface area (Å²) in [5.74, 6) is -0.770. The van der Waals surface area contributed by atoms with Crippen LogP contribution in [0.5, 0.6) is 5.75 Å². The molecule has 2 rings (SSSR count). The molecular formula is C17H18O4. The molecule has 0 aromatic heterocycles. The molecule has 4 heteroatoms. The van der Waals surface area contributed by atoms with Crippen LogP contribution in [0.25, 0.3) is 10.8 Å². The molecule has 0 spiro atoms. The smallest absolute Gasteiger partial charge is 0.313 e. The first kappa shape index (κ1) is 15.0. The molecule has 0 unspecified atom stereocenters. The molecular weight excluding hydrogens is 268 g/mol. The normalized spacial score (nSPS) is 12.1. The molecule has 0 bridgehead atoms. The maximum absolute atomic E-state index is 11.8. The largest absolute Gasteiger partial charge is 0.507 e. The van der Waals surface area contributed by atoms with Gasteiger partial charge in [-0.1, -0.05) is 12.1 Å². The number of carbonyl (C=O) groups excluding carboxylic acids is 2. The van der Waals surface area contributed by atoms with Gasteiger partial charge in [-0.25, -0.2) is 0 Å². The number of benzene rings is 2. The average molecular weight is 286 g/mol. The van der Waals surface area contributed by atoms with Crippen LogP contribution in [0.1, 0.15) is 41.3 Å². The quantitative estimate of drug-likeness (QED) is 0.691. The zero-order chi connectivity index (χ0) is 15.6. The fourth-order valence-electron chi connectivity index (χ4n) is 2.42. The van der Waals surface area contributed by atoms with Crippen LogP contribution in [0.3, 0.4) is 0 Å². The summed E-state index contributed by atoms with van der Waals surface area (Å²) in [6.45, 7) is 5.72. The Labute approximate surface area is 123 Å². The van der Waals surface area contributed by atoms with E-state index in [1.165, 1.54) is 0 Å². The Morgan fingerprint density at radius 2 is 2.05 bits per heavy atom. The lowest BCUT2D eigenvalue weighted by atomic mass is 9.93. The van der Waals surface area contributed by atoms with E-state index < -0.39 is 5.92 Å². The standard InChI is InChI=1S/C17H18O4/c1-4-21-17(20)11(3)12-5-6-13-10(2)7-16(19)15(9-18)14(13)8-12/h5-9,11,19H,4H2,1-3H3/t11-/m1/s1. The summed E-state index contributed by atoms with van der Waals surface area (Å²) in [4.78, 5) is 23.0. The van der Waals surface area contributed by atoms with Crippen LogP contribution in [-0.2, 0) is 9.53 Å². The van der Waals surface area contributed by atoms with Gasteiger partial charge >= 0.3 is 5.97 Å². The predicted molar refractivity (Wildman–Crippen MR) is 80.8 cm³/mol. The Morgan fingerprint density at radius 1 is 1.33 bits per heavy atom. The molecule has 0 amide bonds. The molecule has 21 heavy (non-hydrogen) atoms. The third-order valence-corrected chi connectivity index (χ3v) is 3.65. The fourth-order valence-corrected chi connectivity index (χ4v) is 2.42. The van der Waals surface area contributed by atoms with Gasteiger partial charge in [-0.15, -0.1) is 0 Å². The van der Waals surface area contributed by atoms with Gasteiger partial charge in [-0.05, 0) is 54.8 Å². The van der Waals surface area contributed by atoms with Crippen molar-refractivity contribution in [2.24, 2.45) is 0 Å². The number of ether oxygens (including phenoxy) is 1. The highest BCUT2D eigenvalue weighted by atomic mass is 16.5. The molecule has 0 aliphatic heterocycles. The average Bonchev–Trinajstić information content (AvgIpc) is 2.46. The van der Waals surface area contributed by atoms with Gasteiger partial charge in [0.1, 0.15) is 5.75 Å². The van der Waals surface area contributed by atoms with Gasteiger partial charge in [0.15, 0.2) is 6.29 Å². The number of phenolic OH excluding ortho intramolecular Hbond substituents is 1. The molecule has 0 heterocycles. The molecule has 0 fully saturated rings. The maximum Gasteiger partial charge on any atom is 0.313 e. The van der Waals surface area contributed by atoms with E-state index in [0.717, 1.165) is 16.5 Å². The lowest BCUT2D eigenvalue weighted by Gasteiger charge is -2.14. The fraction of sp³-hybridized carbons (Fsp3) is 0.294. The van der Waals surface area contributed by atoms with Crippen LogP contribution in [0, 0.1) is 6.92 Å². The molecule has 0 radical (unpaired) electrons. The number of aryl methyl sites for hydroxylation is 1. The van der Waals surface area contributed by atoms with Crippen LogP contribution in [0.2, 0.25) is 0 Å². The van der Waals surface area contributed by atoms with Crippen molar-refractivity contribution in [2.75, 3.05) is 6.61 Å². The van der Waals surface area contributed by atoms with Crippen LogP contribution in [0.15, 0.2) is 24.3 Å². The molecule has 0 aliphatic rings. The number of hydrogen-bond acceptors (Lipinski definition) is 4. The molecule has 2 aromatic rings. The van der Waals surface area contributed by atoms with E-state index in [-0.39, 0.29) is 17.3 Å². The summed E-state index contributed by atoms with van der Waals surface area (Å²) in [6.07, 6.45) is 0.635. The van der Waals surface area contributed by atoms with Gasteiger partial charge in [0.25, 0.3) is 0 Å². The Kier molecular flexibility index (Phi) is 4.26. The van der Waals surface area contributed by atoms with Crippen LogP contribution in [0.4, 0.5) is 0 Å². The summed E-state index contributed by atoms with van der Waals surface area (Å²) in [5, 5.41) is 11.4. The van der Waals surface area contributed by atoms with E-state index in [2.05, 4.69) is 0 Å². The van der Waals surface area contributed by atoms with Crippen molar-refractivity contribution < 1.29 is 19.4 Å². The van der Waals surface area contributed by atoms with Gasteiger partial charge in [-0.2, -0.15) is 0 Å². The first-order valence-electron chi connectivity index (χ1n) is 6.87. The number of phenols is 1. The Morgan fingerprint density at radius 3 is 2.67 bits per heavy atom. The monoisotopic (exact) mass is 286 g/mol. The van der Waals surface area contributed by atoms with Crippen molar-refractivity contribution in [1.29, 1.82) is 0 Å². The lowest BCUT2D eigenvalue weighted by molar-refractivity contribution is -0.144. The van der Waals surface area contributed by atoms with Crippen LogP contribution in [-0.4, -0.2) is 24.0 Å². The second-order valence-electron chi connectivity index (χ2n) is 5.02. The van der Waals surface area contributed by atoms with Crippen molar-refractivity contribution >= 4 is 23.0 Å². The highest BCUT2D eigenvalue weighted by Gasteiger charge is 2.18. The SMILES string of the molecule is CCOC(=O)[C@H](C)c1ccc2c(C)cc(O)c(C=O)c2c1. The number of aldehydes is 1. The van der Waals surface area contributed by atoms with E-state index in [1.54, 1.807) is 26.0 Å². The van der Waals surface area contributed by atoms with Crippen LogP contribution >= 0.6 is 0 Å². The predicted octanol–water partition coefficient (Wildman–Crippen LogP) is 3.33. The van der Waals surface area contributed by atoms with Crippen molar-refractivity contribution in [1.82, 2.24) is 0 Å². The van der Waals surface area contributed by atoms with E-state index in [4.69, 9.17) is 4.74 Å². The third kappa shape index (κ3) is 2.75. The highest BCUT2D eigenvalue weighted by Crippen LogP contribution is 2.31. The van der Waals surface area contributed by atoms with E-state index in [9.17, 15) is 14.7 Å². The molecule has 1 N–H and O–H groups in total. The van der Waals surface area contributed by atoms with E-state index in [0.29, 0.717) is 18.3 Å². The van der Waals surface area contributed by atoms with Gasteiger partial charge in [0.05, 0.1) is 18.1 Å². The van der Waals surface area contributed by atoms with Gasteiger partial charge in [0, 0.05) is 0 Å². The van der Waals surface area contributed by atoms with E-state index in [1.807, 2.05) is 19.1 Å². The topological polar surface area (TPSA) is 63.6 Å². The number of aromatic hydroxyl groups is 1. The number of carbonyl (C=O) groups is 2. The molecule has 0 aliphatic carbocycles. The summed E-state index contributed by atoms with van der Waals surface area (Å²) in [5.41, 5.74) is 1.88. The van der Waals surface area contributed by atoms with Crippen LogP contribution < -0.4 is 0 Å². The van der Waals surface area contributed by atoms with Crippen molar-refractivity contribution in [3.8, 4) is 5.75 Å². The van der Waals surface area contributed by atoms with Gasteiger partial charge in [0.2, 0.25) is 0 Å². The zero-order valence-electron chi connectivity index (χ0n) is 12.3. The minimum absolute atomic E-state index is 0.0454. The Bertz CT molecular complexity index is 703. The second kappa shape index (κ2) is 5.95. The minimum Gasteiger partial charge on any atom is -0.507 e. The molecule has 2 aromatic carbocycles. The van der Waals surface area contributed by atoms with E-state index >= 15 is 0 Å². The van der Waals surface area contributed by atoms with Gasteiger partial charge in [-0.3, -0.25) is 9.59 Å². The van der Waals surface area contributed by atoms with Crippen molar-refractivity contribution in [3.05, 3.63) is 41.0 Å². The molecule has 0 saturated carbocycles. The summed E-state index contributed by atoms with van der Waals surface area (Å²) >= 11 is 0. The number of rotatable bonds is 4. The second-order valence-corrected chi connectivity index (χ2v) is 5.02. The first-order chi connectivity index (χ1) is 9.99. The van der Waals surface area contributed by atoms with Gasteiger partial charge < -0.3 is 9.84 Å². The minimum atomic E-state index is -0.420. The Balaban J connectivity index is 2.60. The Hall–Kier alpha value is -2.36. The third-order valence-electron chi connectivity index (χ3n) is 3.65.